The van der Waals surface area contributed by atoms with Crippen LogP contribution >= 0.6 is 11.6 Å². The molecule has 0 saturated heterocycles. The van der Waals surface area contributed by atoms with E-state index in [1.165, 1.54) is 24.4 Å². The number of anilines is 2. The Hall–Kier alpha value is -4.05. The van der Waals surface area contributed by atoms with Crippen LogP contribution < -0.4 is 15.8 Å². The molecule has 4 N–H and O–H groups in total. The van der Waals surface area contributed by atoms with E-state index in [0.29, 0.717) is 27.7 Å². The molecule has 4 aromatic rings. The van der Waals surface area contributed by atoms with Gasteiger partial charge >= 0.3 is 0 Å². The first-order valence-corrected chi connectivity index (χ1v) is 12.2. The second-order valence-electron chi connectivity index (χ2n) is 7.43. The van der Waals surface area contributed by atoms with Gasteiger partial charge in [0.05, 0.1) is 21.0 Å². The number of hydrogen-bond acceptors (Lipinski definition) is 5. The molecule has 0 fully saturated rings. The van der Waals surface area contributed by atoms with Gasteiger partial charge in [-0.2, -0.15) is 0 Å². The summed E-state index contributed by atoms with van der Waals surface area (Å²) in [4.78, 5) is 29.8. The van der Waals surface area contributed by atoms with Gasteiger partial charge in [0, 0.05) is 17.4 Å². The molecule has 0 aliphatic rings. The number of nitrogens with one attached hydrogen (secondary N) is 2. The zero-order valence-electron chi connectivity index (χ0n) is 18.1. The highest BCUT2D eigenvalue weighted by Gasteiger charge is 2.18. The van der Waals surface area contributed by atoms with E-state index in [9.17, 15) is 18.0 Å². The second kappa shape index (κ2) is 10.1. The lowest BCUT2D eigenvalue weighted by Gasteiger charge is -2.12. The molecule has 0 spiro atoms. The summed E-state index contributed by atoms with van der Waals surface area (Å²) in [5, 5.41) is 11.1. The van der Waals surface area contributed by atoms with Crippen LogP contribution in [0.3, 0.4) is 0 Å². The summed E-state index contributed by atoms with van der Waals surface area (Å²) in [6, 6.07) is 22.5. The molecular weight excluding hydrogens is 488 g/mol. The number of halogens is 1. The van der Waals surface area contributed by atoms with Crippen molar-refractivity contribution in [3.05, 3.63) is 107 Å². The zero-order chi connectivity index (χ0) is 25.0. The Labute approximate surface area is 206 Å². The number of amides is 2. The smallest absolute Gasteiger partial charge is 0.257 e. The molecule has 0 atom stereocenters. The topological polar surface area (TPSA) is 131 Å². The van der Waals surface area contributed by atoms with Gasteiger partial charge in [0.1, 0.15) is 5.82 Å². The van der Waals surface area contributed by atoms with Crippen LogP contribution in [0.15, 0.2) is 96.0 Å². The number of nitrogens with zero attached hydrogens (tertiary/aromatic N) is 1. The number of nitrogens with two attached hydrogens (primary N) is 1. The summed E-state index contributed by atoms with van der Waals surface area (Å²) in [6.45, 7) is 0. The maximum absolute atomic E-state index is 13.0. The lowest BCUT2D eigenvalue weighted by Crippen LogP contribution is -2.20. The van der Waals surface area contributed by atoms with Gasteiger partial charge in [-0.3, -0.25) is 9.59 Å². The van der Waals surface area contributed by atoms with E-state index in [4.69, 9.17) is 16.7 Å². The van der Waals surface area contributed by atoms with Gasteiger partial charge in [0.15, 0.2) is 0 Å². The fraction of sp³-hybridized carbons (Fsp3) is 0. The van der Waals surface area contributed by atoms with Gasteiger partial charge in [-0.25, -0.2) is 18.5 Å². The van der Waals surface area contributed by atoms with E-state index in [0.717, 1.165) is 0 Å². The number of hydrogen-bond donors (Lipinski definition) is 3. The molecule has 35 heavy (non-hydrogen) atoms. The highest BCUT2D eigenvalue weighted by molar-refractivity contribution is 7.89. The summed E-state index contributed by atoms with van der Waals surface area (Å²) in [5.41, 5.74) is 1.86. The van der Waals surface area contributed by atoms with E-state index in [2.05, 4.69) is 15.6 Å². The van der Waals surface area contributed by atoms with E-state index >= 15 is 0 Å². The average Bonchev–Trinajstić information content (AvgIpc) is 2.85. The number of sulfonamides is 1. The number of carbonyl (C=O) groups excluding carboxylic acids is 2. The molecule has 0 unspecified atom stereocenters. The van der Waals surface area contributed by atoms with Gasteiger partial charge < -0.3 is 10.6 Å². The van der Waals surface area contributed by atoms with Crippen molar-refractivity contribution in [2.24, 2.45) is 5.14 Å². The summed E-state index contributed by atoms with van der Waals surface area (Å²) in [7, 11) is -3.90. The third-order valence-corrected chi connectivity index (χ3v) is 6.23. The molecule has 2 amide bonds. The quantitative estimate of drug-likeness (QED) is 0.353. The summed E-state index contributed by atoms with van der Waals surface area (Å²) in [5.74, 6) is -0.692. The predicted molar refractivity (Wildman–Crippen MR) is 135 cm³/mol. The molecular formula is C25H19ClN4O4S. The molecule has 0 bridgehead atoms. The summed E-state index contributed by atoms with van der Waals surface area (Å²) in [6.07, 6.45) is 1.40. The molecule has 1 aromatic heterocycles. The first-order chi connectivity index (χ1) is 16.7. The first-order valence-electron chi connectivity index (χ1n) is 10.3. The lowest BCUT2D eigenvalue weighted by molar-refractivity contribution is 0.0990. The fourth-order valence-corrected chi connectivity index (χ4v) is 4.27. The Morgan fingerprint density at radius 2 is 1.37 bits per heavy atom. The van der Waals surface area contributed by atoms with Gasteiger partial charge in [-0.1, -0.05) is 54.1 Å². The molecule has 176 valence electrons. The lowest BCUT2D eigenvalue weighted by atomic mass is 10.0. The zero-order valence-corrected chi connectivity index (χ0v) is 19.7. The molecule has 0 saturated carbocycles. The predicted octanol–water partition coefficient (Wildman–Crippen LogP) is 4.55. The standard InChI is InChI=1S/C25H19ClN4O4S/c26-17-11-14-23(28-15-17)30-25(32)21-7-2-1-6-20(21)24(31)29-18-12-9-16(10-13-18)19-5-3-4-8-22(19)35(27,33)34/h1-15H,(H,29,31)(H2,27,33,34)(H,28,30,32). The largest absolute Gasteiger partial charge is 0.322 e. The second-order valence-corrected chi connectivity index (χ2v) is 9.40. The molecule has 0 aliphatic carbocycles. The van der Waals surface area contributed by atoms with Gasteiger partial charge in [0.25, 0.3) is 11.8 Å². The maximum Gasteiger partial charge on any atom is 0.257 e. The normalized spacial score (nSPS) is 11.0. The van der Waals surface area contributed by atoms with Crippen molar-refractivity contribution in [3.63, 3.8) is 0 Å². The third-order valence-electron chi connectivity index (χ3n) is 5.03. The third kappa shape index (κ3) is 5.72. The van der Waals surface area contributed by atoms with E-state index < -0.39 is 21.8 Å². The van der Waals surface area contributed by atoms with Crippen molar-refractivity contribution in [2.45, 2.75) is 4.90 Å². The number of primary sulfonamides is 1. The molecule has 3 aromatic carbocycles. The Kier molecular flexibility index (Phi) is 6.92. The number of benzene rings is 3. The maximum atomic E-state index is 13.0. The van der Waals surface area contributed by atoms with Crippen LogP contribution in [0.2, 0.25) is 5.02 Å². The van der Waals surface area contributed by atoms with Crippen LogP contribution in [0.25, 0.3) is 11.1 Å². The minimum absolute atomic E-state index is 0.00639. The monoisotopic (exact) mass is 506 g/mol. The Balaban J connectivity index is 1.53. The Morgan fingerprint density at radius 1 is 0.771 bits per heavy atom. The van der Waals surface area contributed by atoms with Crippen molar-refractivity contribution < 1.29 is 18.0 Å². The van der Waals surface area contributed by atoms with Crippen molar-refractivity contribution in [2.75, 3.05) is 10.6 Å². The molecule has 8 nitrogen and oxygen atoms in total. The van der Waals surface area contributed by atoms with E-state index in [1.807, 2.05) is 0 Å². The van der Waals surface area contributed by atoms with Crippen LogP contribution in [0.1, 0.15) is 20.7 Å². The minimum atomic E-state index is -3.90. The van der Waals surface area contributed by atoms with E-state index in [-0.39, 0.29) is 16.0 Å². The highest BCUT2D eigenvalue weighted by atomic mass is 35.5. The average molecular weight is 507 g/mol. The number of rotatable bonds is 6. The van der Waals surface area contributed by atoms with Gasteiger partial charge in [-0.05, 0) is 48.0 Å². The van der Waals surface area contributed by atoms with Crippen molar-refractivity contribution >= 4 is 44.9 Å². The van der Waals surface area contributed by atoms with Gasteiger partial charge in [-0.15, -0.1) is 0 Å². The molecule has 0 radical (unpaired) electrons. The first kappa shape index (κ1) is 24.1. The van der Waals surface area contributed by atoms with Crippen LogP contribution in [0.4, 0.5) is 11.5 Å². The number of carbonyl (C=O) groups is 2. The fourth-order valence-electron chi connectivity index (χ4n) is 3.40. The van der Waals surface area contributed by atoms with Crippen molar-refractivity contribution in [3.8, 4) is 11.1 Å². The summed E-state index contributed by atoms with van der Waals surface area (Å²) < 4.78 is 23.8. The highest BCUT2D eigenvalue weighted by Crippen LogP contribution is 2.27. The molecule has 1 heterocycles. The van der Waals surface area contributed by atoms with Crippen LogP contribution in [0.5, 0.6) is 0 Å². The van der Waals surface area contributed by atoms with Crippen LogP contribution in [-0.4, -0.2) is 25.2 Å². The molecule has 4 rings (SSSR count). The Bertz CT molecular complexity index is 1510. The van der Waals surface area contributed by atoms with Crippen molar-refractivity contribution in [1.82, 2.24) is 4.98 Å². The number of aromatic nitrogens is 1. The molecule has 0 aliphatic heterocycles. The Morgan fingerprint density at radius 3 is 1.97 bits per heavy atom. The van der Waals surface area contributed by atoms with Crippen LogP contribution in [0, 0.1) is 0 Å². The SMILES string of the molecule is NS(=O)(=O)c1ccccc1-c1ccc(NC(=O)c2ccccc2C(=O)Nc2ccc(Cl)cn2)cc1. The number of pyridine rings is 1. The minimum Gasteiger partial charge on any atom is -0.322 e. The summed E-state index contributed by atoms with van der Waals surface area (Å²) >= 11 is 5.82. The van der Waals surface area contributed by atoms with Crippen molar-refractivity contribution in [1.29, 1.82) is 0 Å². The molecule has 10 heteroatoms. The van der Waals surface area contributed by atoms with Crippen LogP contribution in [-0.2, 0) is 10.0 Å². The van der Waals surface area contributed by atoms with E-state index in [1.54, 1.807) is 66.7 Å². The van der Waals surface area contributed by atoms with Gasteiger partial charge in [0.2, 0.25) is 10.0 Å².